The maximum atomic E-state index is 12.2. The van der Waals surface area contributed by atoms with Gasteiger partial charge in [-0.25, -0.2) is 0 Å². The second-order valence-electron chi connectivity index (χ2n) is 5.61. The molecule has 0 radical (unpaired) electrons. The van der Waals surface area contributed by atoms with Gasteiger partial charge in [-0.15, -0.1) is 0 Å². The minimum Gasteiger partial charge on any atom is -0.352 e. The van der Waals surface area contributed by atoms with Crippen LogP contribution in [0, 0.1) is 0 Å². The van der Waals surface area contributed by atoms with E-state index in [9.17, 15) is 9.59 Å². The summed E-state index contributed by atoms with van der Waals surface area (Å²) < 4.78 is 5.13. The fourth-order valence-electron chi connectivity index (χ4n) is 2.32. The van der Waals surface area contributed by atoms with Gasteiger partial charge in [0, 0.05) is 13.1 Å². The van der Waals surface area contributed by atoms with Crippen molar-refractivity contribution in [1.29, 1.82) is 0 Å². The van der Waals surface area contributed by atoms with E-state index in [-0.39, 0.29) is 30.4 Å². The molecule has 2 fully saturated rings. The molecule has 2 N–H and O–H groups in total. The Morgan fingerprint density at radius 1 is 1.43 bits per heavy atom. The largest absolute Gasteiger partial charge is 0.352 e. The highest BCUT2D eigenvalue weighted by Gasteiger charge is 2.27. The smallest absolute Gasteiger partial charge is 0.295 e. The SMILES string of the molecule is CN(CC(=O)NC1CC1)C(=O)c1noc(C2CCCN2)n1. The van der Waals surface area contributed by atoms with Crippen molar-refractivity contribution in [3.63, 3.8) is 0 Å². The predicted octanol–water partition coefficient (Wildman–Crippen LogP) is -0.155. The molecule has 0 spiro atoms. The fraction of sp³-hybridized carbons (Fsp3) is 0.692. The molecule has 21 heavy (non-hydrogen) atoms. The van der Waals surface area contributed by atoms with Crippen molar-refractivity contribution in [2.45, 2.75) is 37.8 Å². The van der Waals surface area contributed by atoms with Crippen LogP contribution in [-0.2, 0) is 4.79 Å². The van der Waals surface area contributed by atoms with E-state index in [1.807, 2.05) is 0 Å². The highest BCUT2D eigenvalue weighted by Crippen LogP contribution is 2.21. The highest BCUT2D eigenvalue weighted by molar-refractivity contribution is 5.93. The van der Waals surface area contributed by atoms with Gasteiger partial charge in [-0.1, -0.05) is 5.16 Å². The van der Waals surface area contributed by atoms with Gasteiger partial charge in [0.25, 0.3) is 11.7 Å². The van der Waals surface area contributed by atoms with Gasteiger partial charge in [0.2, 0.25) is 11.8 Å². The van der Waals surface area contributed by atoms with Crippen LogP contribution >= 0.6 is 0 Å². The summed E-state index contributed by atoms with van der Waals surface area (Å²) in [6.07, 6.45) is 4.02. The van der Waals surface area contributed by atoms with Crippen molar-refractivity contribution in [3.05, 3.63) is 11.7 Å². The molecule has 2 aliphatic rings. The molecule has 1 unspecified atom stereocenters. The van der Waals surface area contributed by atoms with Crippen LogP contribution < -0.4 is 10.6 Å². The molecule has 1 saturated carbocycles. The van der Waals surface area contributed by atoms with Crippen molar-refractivity contribution < 1.29 is 14.1 Å². The van der Waals surface area contributed by atoms with E-state index in [0.29, 0.717) is 5.89 Å². The number of nitrogens with zero attached hydrogens (tertiary/aromatic N) is 3. The Morgan fingerprint density at radius 2 is 2.24 bits per heavy atom. The third-order valence-electron chi connectivity index (χ3n) is 3.66. The van der Waals surface area contributed by atoms with Crippen LogP contribution in [0.15, 0.2) is 4.52 Å². The van der Waals surface area contributed by atoms with Crippen molar-refractivity contribution in [2.75, 3.05) is 20.1 Å². The summed E-state index contributed by atoms with van der Waals surface area (Å²) in [6, 6.07) is 0.314. The van der Waals surface area contributed by atoms with Gasteiger partial charge in [0.15, 0.2) is 0 Å². The van der Waals surface area contributed by atoms with Gasteiger partial charge in [0.05, 0.1) is 12.6 Å². The number of amides is 2. The van der Waals surface area contributed by atoms with E-state index in [0.717, 1.165) is 32.2 Å². The number of nitrogens with one attached hydrogen (secondary N) is 2. The Kier molecular flexibility index (Phi) is 3.87. The molecule has 1 atom stereocenters. The molecule has 114 valence electrons. The van der Waals surface area contributed by atoms with Gasteiger partial charge < -0.3 is 20.1 Å². The molecule has 1 aliphatic carbocycles. The molecule has 0 bridgehead atoms. The van der Waals surface area contributed by atoms with Crippen molar-refractivity contribution >= 4 is 11.8 Å². The maximum absolute atomic E-state index is 12.2. The first kappa shape index (κ1) is 14.0. The highest BCUT2D eigenvalue weighted by atomic mass is 16.5. The lowest BCUT2D eigenvalue weighted by molar-refractivity contribution is -0.121. The maximum Gasteiger partial charge on any atom is 0.295 e. The van der Waals surface area contributed by atoms with E-state index >= 15 is 0 Å². The second-order valence-corrected chi connectivity index (χ2v) is 5.61. The fourth-order valence-corrected chi connectivity index (χ4v) is 2.32. The first-order valence-corrected chi connectivity index (χ1v) is 7.25. The second kappa shape index (κ2) is 5.80. The number of hydrogen-bond acceptors (Lipinski definition) is 6. The number of carbonyl (C=O) groups excluding carboxylic acids is 2. The lowest BCUT2D eigenvalue weighted by atomic mass is 10.2. The zero-order chi connectivity index (χ0) is 14.8. The normalized spacial score (nSPS) is 21.3. The van der Waals surface area contributed by atoms with E-state index in [1.54, 1.807) is 7.05 Å². The molecule has 0 aromatic carbocycles. The Balaban J connectivity index is 1.57. The first-order chi connectivity index (χ1) is 10.1. The van der Waals surface area contributed by atoms with Gasteiger partial charge in [-0.3, -0.25) is 9.59 Å². The van der Waals surface area contributed by atoms with Crippen LogP contribution in [0.5, 0.6) is 0 Å². The third-order valence-corrected chi connectivity index (χ3v) is 3.66. The third kappa shape index (κ3) is 3.38. The predicted molar refractivity (Wildman–Crippen MR) is 72.4 cm³/mol. The molecule has 1 aromatic rings. The molecule has 1 aromatic heterocycles. The number of likely N-dealkylation sites (N-methyl/N-ethyl adjacent to an activating group) is 1. The quantitative estimate of drug-likeness (QED) is 0.782. The zero-order valence-electron chi connectivity index (χ0n) is 12.0. The molecular formula is C13H19N5O3. The van der Waals surface area contributed by atoms with Crippen LogP contribution in [0.4, 0.5) is 0 Å². The average Bonchev–Trinajstić information content (AvgIpc) is 2.98. The minimum absolute atomic E-state index is 0.000391. The number of aromatic nitrogens is 2. The molecule has 2 amide bonds. The molecule has 8 nitrogen and oxygen atoms in total. The Morgan fingerprint density at radius 3 is 2.90 bits per heavy atom. The summed E-state index contributed by atoms with van der Waals surface area (Å²) in [6.45, 7) is 0.915. The van der Waals surface area contributed by atoms with Gasteiger partial charge in [-0.2, -0.15) is 4.98 Å². The summed E-state index contributed by atoms with van der Waals surface area (Å²) in [5, 5.41) is 9.78. The van der Waals surface area contributed by atoms with Crippen molar-refractivity contribution in [1.82, 2.24) is 25.7 Å². The van der Waals surface area contributed by atoms with Crippen LogP contribution in [-0.4, -0.2) is 53.0 Å². The zero-order valence-corrected chi connectivity index (χ0v) is 12.0. The Labute approximate surface area is 122 Å². The van der Waals surface area contributed by atoms with Crippen LogP contribution in [0.25, 0.3) is 0 Å². The van der Waals surface area contributed by atoms with Crippen LogP contribution in [0.1, 0.15) is 48.2 Å². The minimum atomic E-state index is -0.408. The number of rotatable bonds is 5. The van der Waals surface area contributed by atoms with Gasteiger partial charge in [-0.05, 0) is 32.2 Å². The Hall–Kier alpha value is -1.96. The summed E-state index contributed by atoms with van der Waals surface area (Å²) in [7, 11) is 1.55. The van der Waals surface area contributed by atoms with E-state index in [2.05, 4.69) is 20.8 Å². The molecule has 3 rings (SSSR count). The summed E-state index contributed by atoms with van der Waals surface area (Å²) in [4.78, 5) is 29.3. The molecule has 1 saturated heterocycles. The van der Waals surface area contributed by atoms with E-state index in [1.165, 1.54) is 4.90 Å². The van der Waals surface area contributed by atoms with Gasteiger partial charge >= 0.3 is 0 Å². The lowest BCUT2D eigenvalue weighted by Gasteiger charge is -2.14. The topological polar surface area (TPSA) is 100 Å². The first-order valence-electron chi connectivity index (χ1n) is 7.25. The van der Waals surface area contributed by atoms with Crippen molar-refractivity contribution in [3.8, 4) is 0 Å². The standard InChI is InChI=1S/C13H19N5O3/c1-18(7-10(19)15-8-4-5-8)13(20)11-16-12(21-17-11)9-3-2-6-14-9/h8-9,14H,2-7H2,1H3,(H,15,19). The monoisotopic (exact) mass is 293 g/mol. The number of carbonyl (C=O) groups is 2. The van der Waals surface area contributed by atoms with E-state index < -0.39 is 5.91 Å². The van der Waals surface area contributed by atoms with Crippen LogP contribution in [0.3, 0.4) is 0 Å². The molecule has 1 aliphatic heterocycles. The summed E-state index contributed by atoms with van der Waals surface area (Å²) in [5.74, 6) is -0.129. The van der Waals surface area contributed by atoms with Crippen LogP contribution in [0.2, 0.25) is 0 Å². The number of hydrogen-bond donors (Lipinski definition) is 2. The van der Waals surface area contributed by atoms with E-state index in [4.69, 9.17) is 4.52 Å². The molecular weight excluding hydrogens is 274 g/mol. The summed E-state index contributed by atoms with van der Waals surface area (Å²) >= 11 is 0. The summed E-state index contributed by atoms with van der Waals surface area (Å²) in [5.41, 5.74) is 0. The Bertz CT molecular complexity index is 534. The molecule has 8 heteroatoms. The van der Waals surface area contributed by atoms with Gasteiger partial charge in [0.1, 0.15) is 0 Å². The average molecular weight is 293 g/mol. The lowest BCUT2D eigenvalue weighted by Crippen LogP contribution is -2.39. The molecule has 2 heterocycles. The van der Waals surface area contributed by atoms with Crippen molar-refractivity contribution in [2.24, 2.45) is 0 Å².